The minimum absolute atomic E-state index is 0.0283. The molecule has 31 heavy (non-hydrogen) atoms. The first-order valence-electron chi connectivity index (χ1n) is 11.0. The van der Waals surface area contributed by atoms with Crippen molar-refractivity contribution in [3.05, 3.63) is 106 Å². The van der Waals surface area contributed by atoms with Crippen LogP contribution in [0.5, 0.6) is 0 Å². The first kappa shape index (κ1) is 20.1. The van der Waals surface area contributed by atoms with Crippen LogP contribution in [0.3, 0.4) is 0 Å². The zero-order valence-electron chi connectivity index (χ0n) is 17.9. The number of Topliss-reactive ketones (excluding diaryl/α,β-unsaturated/α-hetero) is 1. The molecule has 1 aliphatic carbocycles. The van der Waals surface area contributed by atoms with E-state index in [0.717, 1.165) is 43.9 Å². The van der Waals surface area contributed by atoms with Crippen LogP contribution >= 0.6 is 0 Å². The molecule has 158 valence electrons. The van der Waals surface area contributed by atoms with Crippen molar-refractivity contribution in [1.29, 1.82) is 0 Å². The summed E-state index contributed by atoms with van der Waals surface area (Å²) in [4.78, 5) is 18.6. The van der Waals surface area contributed by atoms with Crippen molar-refractivity contribution < 1.29 is 9.18 Å². The Balaban J connectivity index is 1.42. The van der Waals surface area contributed by atoms with E-state index in [4.69, 9.17) is 0 Å². The summed E-state index contributed by atoms with van der Waals surface area (Å²) in [7, 11) is 0. The van der Waals surface area contributed by atoms with Crippen LogP contribution in [0.25, 0.3) is 0 Å². The lowest BCUT2D eigenvalue weighted by Crippen LogP contribution is -2.58. The number of benzene rings is 3. The average Bonchev–Trinajstić information content (AvgIpc) is 3.09. The van der Waals surface area contributed by atoms with Gasteiger partial charge in [-0.3, -0.25) is 14.6 Å². The van der Waals surface area contributed by atoms with Crippen molar-refractivity contribution in [2.75, 3.05) is 26.2 Å². The molecule has 0 N–H and O–H groups in total. The third kappa shape index (κ3) is 3.50. The SMILES string of the molecule is Cc1ccccc1CN1CCN(C2(c3ccccc3)Cc3ccc(F)cc3C2=O)CC1. The van der Waals surface area contributed by atoms with E-state index in [-0.39, 0.29) is 11.6 Å². The third-order valence-electron chi connectivity index (χ3n) is 6.96. The Morgan fingerprint density at radius 3 is 2.35 bits per heavy atom. The van der Waals surface area contributed by atoms with Gasteiger partial charge in [0.2, 0.25) is 0 Å². The molecule has 3 aromatic carbocycles. The Kier molecular flexibility index (Phi) is 5.20. The number of aryl methyl sites for hydroxylation is 1. The first-order valence-corrected chi connectivity index (χ1v) is 11.0. The highest BCUT2D eigenvalue weighted by Gasteiger charge is 2.51. The highest BCUT2D eigenvalue weighted by Crippen LogP contribution is 2.43. The van der Waals surface area contributed by atoms with Gasteiger partial charge in [0.05, 0.1) is 0 Å². The van der Waals surface area contributed by atoms with E-state index in [2.05, 4.69) is 41.0 Å². The lowest BCUT2D eigenvalue weighted by Gasteiger charge is -2.45. The Morgan fingerprint density at radius 2 is 1.61 bits per heavy atom. The molecule has 1 atom stereocenters. The molecule has 0 aromatic heterocycles. The van der Waals surface area contributed by atoms with Gasteiger partial charge in [0.25, 0.3) is 0 Å². The fraction of sp³-hybridized carbons (Fsp3) is 0.296. The summed E-state index contributed by atoms with van der Waals surface area (Å²) in [5.74, 6) is -0.320. The third-order valence-corrected chi connectivity index (χ3v) is 6.96. The summed E-state index contributed by atoms with van der Waals surface area (Å²) in [6.07, 6.45) is 0.600. The van der Waals surface area contributed by atoms with Crippen LogP contribution in [0.1, 0.15) is 32.6 Å². The summed E-state index contributed by atoms with van der Waals surface area (Å²) in [6, 6.07) is 23.2. The van der Waals surface area contributed by atoms with Crippen molar-refractivity contribution in [2.24, 2.45) is 0 Å². The lowest BCUT2D eigenvalue weighted by molar-refractivity contribution is 0.0288. The van der Waals surface area contributed by atoms with Gasteiger partial charge in [-0.05, 0) is 41.3 Å². The smallest absolute Gasteiger partial charge is 0.188 e. The number of nitrogens with zero attached hydrogens (tertiary/aromatic N) is 2. The quantitative estimate of drug-likeness (QED) is 0.624. The van der Waals surface area contributed by atoms with Crippen LogP contribution in [0.4, 0.5) is 4.39 Å². The second-order valence-corrected chi connectivity index (χ2v) is 8.72. The van der Waals surface area contributed by atoms with Crippen LogP contribution in [-0.2, 0) is 18.5 Å². The predicted octanol–water partition coefficient (Wildman–Crippen LogP) is 4.59. The van der Waals surface area contributed by atoms with E-state index in [9.17, 15) is 9.18 Å². The molecule has 0 radical (unpaired) electrons. The summed E-state index contributed by atoms with van der Waals surface area (Å²) in [5, 5.41) is 0. The minimum atomic E-state index is -0.744. The maximum Gasteiger partial charge on any atom is 0.188 e. The second kappa shape index (κ2) is 8.03. The standard InChI is InChI=1S/C27H27FN2O/c1-20-7-5-6-8-22(20)19-29-13-15-30(16-14-29)27(23-9-3-2-4-10-23)18-21-11-12-24(28)17-25(21)26(27)31/h2-12,17H,13-16,18-19H2,1H3. The molecular formula is C27H27FN2O. The fourth-order valence-electron chi connectivity index (χ4n) is 5.19. The number of carbonyl (C=O) groups excluding carboxylic acids is 1. The number of fused-ring (bicyclic) bond motifs is 1. The summed E-state index contributed by atoms with van der Waals surface area (Å²) >= 11 is 0. The molecule has 5 rings (SSSR count). The molecule has 1 fully saturated rings. The fourth-order valence-corrected chi connectivity index (χ4v) is 5.19. The van der Waals surface area contributed by atoms with Crippen molar-refractivity contribution >= 4 is 5.78 Å². The number of carbonyl (C=O) groups is 1. The average molecular weight is 415 g/mol. The first-order chi connectivity index (χ1) is 15.1. The van der Waals surface area contributed by atoms with Gasteiger partial charge in [-0.25, -0.2) is 4.39 Å². The molecule has 0 saturated carbocycles. The normalized spacial score (nSPS) is 21.9. The van der Waals surface area contributed by atoms with Gasteiger partial charge in [0, 0.05) is 44.7 Å². The van der Waals surface area contributed by atoms with E-state index in [0.29, 0.717) is 12.0 Å². The Labute approximate surface area is 183 Å². The van der Waals surface area contributed by atoms with E-state index < -0.39 is 5.54 Å². The Bertz CT molecular complexity index is 1110. The molecule has 3 nitrogen and oxygen atoms in total. The maximum absolute atomic E-state index is 14.0. The zero-order valence-corrected chi connectivity index (χ0v) is 17.9. The van der Waals surface area contributed by atoms with Gasteiger partial charge in [-0.15, -0.1) is 0 Å². The van der Waals surface area contributed by atoms with Crippen LogP contribution in [0, 0.1) is 12.7 Å². The highest BCUT2D eigenvalue weighted by atomic mass is 19.1. The molecule has 0 amide bonds. The van der Waals surface area contributed by atoms with Crippen LogP contribution in [-0.4, -0.2) is 41.8 Å². The van der Waals surface area contributed by atoms with Crippen molar-refractivity contribution in [2.45, 2.75) is 25.4 Å². The molecule has 0 spiro atoms. The summed E-state index contributed by atoms with van der Waals surface area (Å²) in [5.41, 5.74) is 4.40. The molecule has 3 aromatic rings. The number of hydrogen-bond donors (Lipinski definition) is 0. The summed E-state index contributed by atoms with van der Waals surface area (Å²) in [6.45, 7) is 6.51. The summed E-state index contributed by atoms with van der Waals surface area (Å²) < 4.78 is 14.0. The van der Waals surface area contributed by atoms with E-state index in [1.807, 2.05) is 30.3 Å². The van der Waals surface area contributed by atoms with Gasteiger partial charge >= 0.3 is 0 Å². The Morgan fingerprint density at radius 1 is 0.903 bits per heavy atom. The van der Waals surface area contributed by atoms with Crippen molar-refractivity contribution in [3.8, 4) is 0 Å². The number of ketones is 1. The second-order valence-electron chi connectivity index (χ2n) is 8.72. The molecule has 2 aliphatic rings. The topological polar surface area (TPSA) is 23.6 Å². The van der Waals surface area contributed by atoms with Crippen LogP contribution < -0.4 is 0 Å². The van der Waals surface area contributed by atoms with E-state index in [1.165, 1.54) is 23.3 Å². The Hall–Kier alpha value is -2.82. The van der Waals surface area contributed by atoms with Gasteiger partial charge < -0.3 is 0 Å². The van der Waals surface area contributed by atoms with Gasteiger partial charge in [0.1, 0.15) is 11.4 Å². The number of rotatable bonds is 4. The highest BCUT2D eigenvalue weighted by molar-refractivity contribution is 6.08. The lowest BCUT2D eigenvalue weighted by atomic mass is 9.83. The number of piperazine rings is 1. The van der Waals surface area contributed by atoms with Gasteiger partial charge in [0.15, 0.2) is 5.78 Å². The zero-order chi connectivity index (χ0) is 21.4. The van der Waals surface area contributed by atoms with E-state index >= 15 is 0 Å². The predicted molar refractivity (Wildman–Crippen MR) is 121 cm³/mol. The van der Waals surface area contributed by atoms with Crippen LogP contribution in [0.15, 0.2) is 72.8 Å². The van der Waals surface area contributed by atoms with Gasteiger partial charge in [-0.1, -0.05) is 60.7 Å². The van der Waals surface area contributed by atoms with Crippen molar-refractivity contribution in [1.82, 2.24) is 9.80 Å². The minimum Gasteiger partial charge on any atom is -0.297 e. The molecule has 1 aliphatic heterocycles. The molecule has 1 heterocycles. The van der Waals surface area contributed by atoms with Crippen LogP contribution in [0.2, 0.25) is 0 Å². The monoisotopic (exact) mass is 414 g/mol. The number of hydrogen-bond acceptors (Lipinski definition) is 3. The van der Waals surface area contributed by atoms with Crippen molar-refractivity contribution in [3.63, 3.8) is 0 Å². The number of halogens is 1. The van der Waals surface area contributed by atoms with Gasteiger partial charge in [-0.2, -0.15) is 0 Å². The van der Waals surface area contributed by atoms with E-state index in [1.54, 1.807) is 6.07 Å². The molecule has 1 saturated heterocycles. The molecule has 4 heteroatoms. The maximum atomic E-state index is 14.0. The largest absolute Gasteiger partial charge is 0.297 e. The molecular weight excluding hydrogens is 387 g/mol. The molecule has 0 bridgehead atoms. The molecule has 1 unspecified atom stereocenters.